The van der Waals surface area contributed by atoms with Gasteiger partial charge in [0.2, 0.25) is 5.88 Å². The van der Waals surface area contributed by atoms with Crippen LogP contribution in [0.1, 0.15) is 24.0 Å². The van der Waals surface area contributed by atoms with Gasteiger partial charge < -0.3 is 4.74 Å². The first-order valence-electron chi connectivity index (χ1n) is 6.76. The molecule has 0 N–H and O–H groups in total. The highest BCUT2D eigenvalue weighted by molar-refractivity contribution is 7.99. The first-order chi connectivity index (χ1) is 9.78. The van der Waals surface area contributed by atoms with Gasteiger partial charge in [-0.1, -0.05) is 29.4 Å². The van der Waals surface area contributed by atoms with Crippen molar-refractivity contribution in [2.75, 3.05) is 7.11 Å². The predicted octanol–water partition coefficient (Wildman–Crippen LogP) is 4.77. The molecule has 2 aromatic rings. The number of methoxy groups -OCH3 is 1. The van der Waals surface area contributed by atoms with Crippen molar-refractivity contribution >= 4 is 23.4 Å². The smallest absolute Gasteiger partial charge is 0.216 e. The first kappa shape index (κ1) is 13.8. The second-order valence-corrected chi connectivity index (χ2v) is 6.41. The molecule has 0 amide bonds. The molecule has 20 heavy (non-hydrogen) atoms. The molecule has 1 aliphatic rings. The Morgan fingerprint density at radius 3 is 2.75 bits per heavy atom. The summed E-state index contributed by atoms with van der Waals surface area (Å²) in [5, 5.41) is 0.769. The molecule has 1 heterocycles. The van der Waals surface area contributed by atoms with Gasteiger partial charge >= 0.3 is 0 Å². The maximum absolute atomic E-state index is 6.05. The van der Waals surface area contributed by atoms with Crippen LogP contribution in [-0.2, 0) is 12.8 Å². The largest absolute Gasteiger partial charge is 0.481 e. The third kappa shape index (κ3) is 2.79. The Morgan fingerprint density at radius 2 is 2.00 bits per heavy atom. The molecule has 0 saturated carbocycles. The summed E-state index contributed by atoms with van der Waals surface area (Å²) < 4.78 is 5.40. The molecule has 0 saturated heterocycles. The Kier molecular flexibility index (Phi) is 4.18. The Balaban J connectivity index is 1.97. The van der Waals surface area contributed by atoms with Crippen LogP contribution >= 0.6 is 23.4 Å². The molecule has 1 aromatic carbocycles. The van der Waals surface area contributed by atoms with Gasteiger partial charge in [0.1, 0.15) is 0 Å². The lowest BCUT2D eigenvalue weighted by atomic mass is 9.93. The lowest BCUT2D eigenvalue weighted by Gasteiger charge is -2.20. The minimum atomic E-state index is 0.769. The SMILES string of the molecule is COc1ncc(Sc2cccc(Cl)c2)c2c1CCCC2. The number of pyridine rings is 1. The fraction of sp³-hybridized carbons (Fsp3) is 0.312. The van der Waals surface area contributed by atoms with Crippen molar-refractivity contribution in [1.29, 1.82) is 0 Å². The second-order valence-electron chi connectivity index (χ2n) is 4.86. The second kappa shape index (κ2) is 6.06. The number of nitrogens with zero attached hydrogens (tertiary/aromatic N) is 1. The normalized spacial score (nSPS) is 13.9. The molecule has 0 unspecified atom stereocenters. The third-order valence-corrected chi connectivity index (χ3v) is 4.84. The van der Waals surface area contributed by atoms with Gasteiger partial charge in [-0.3, -0.25) is 0 Å². The number of ether oxygens (including phenoxy) is 1. The van der Waals surface area contributed by atoms with Crippen molar-refractivity contribution < 1.29 is 4.74 Å². The van der Waals surface area contributed by atoms with Crippen molar-refractivity contribution in [1.82, 2.24) is 4.98 Å². The summed E-state index contributed by atoms with van der Waals surface area (Å²) in [5.74, 6) is 0.787. The van der Waals surface area contributed by atoms with E-state index in [-0.39, 0.29) is 0 Å². The number of halogens is 1. The zero-order valence-electron chi connectivity index (χ0n) is 11.4. The maximum Gasteiger partial charge on any atom is 0.216 e. The average Bonchev–Trinajstić information content (AvgIpc) is 2.48. The number of hydrogen-bond acceptors (Lipinski definition) is 3. The lowest BCUT2D eigenvalue weighted by Crippen LogP contribution is -2.08. The maximum atomic E-state index is 6.05. The number of benzene rings is 1. The number of hydrogen-bond donors (Lipinski definition) is 0. The highest BCUT2D eigenvalue weighted by atomic mass is 35.5. The molecule has 104 valence electrons. The van der Waals surface area contributed by atoms with Crippen molar-refractivity contribution in [2.45, 2.75) is 35.5 Å². The summed E-state index contributed by atoms with van der Waals surface area (Å²) in [5.41, 5.74) is 2.68. The standard InChI is InChI=1S/C16H16ClNOS/c1-19-16-14-8-3-2-7-13(14)15(10-18-16)20-12-6-4-5-11(17)9-12/h4-6,9-10H,2-3,7-8H2,1H3. The minimum absolute atomic E-state index is 0.769. The summed E-state index contributed by atoms with van der Waals surface area (Å²) >= 11 is 7.79. The quantitative estimate of drug-likeness (QED) is 0.815. The molecule has 4 heteroatoms. The fourth-order valence-electron chi connectivity index (χ4n) is 2.61. The van der Waals surface area contributed by atoms with E-state index in [1.807, 2.05) is 24.4 Å². The summed E-state index contributed by atoms with van der Waals surface area (Å²) in [6.07, 6.45) is 6.56. The molecule has 0 spiro atoms. The van der Waals surface area contributed by atoms with E-state index in [2.05, 4.69) is 11.1 Å². The summed E-state index contributed by atoms with van der Waals surface area (Å²) in [6, 6.07) is 7.95. The van der Waals surface area contributed by atoms with Crippen molar-refractivity contribution in [3.8, 4) is 5.88 Å². The number of rotatable bonds is 3. The predicted molar refractivity (Wildman–Crippen MR) is 83.0 cm³/mol. The zero-order valence-corrected chi connectivity index (χ0v) is 12.9. The molecule has 0 bridgehead atoms. The Bertz CT molecular complexity index is 630. The first-order valence-corrected chi connectivity index (χ1v) is 7.95. The zero-order chi connectivity index (χ0) is 13.9. The average molecular weight is 306 g/mol. The van der Waals surface area contributed by atoms with Crippen LogP contribution < -0.4 is 4.74 Å². The van der Waals surface area contributed by atoms with Gasteiger partial charge in [-0.25, -0.2) is 4.98 Å². The van der Waals surface area contributed by atoms with Crippen LogP contribution in [0, 0.1) is 0 Å². The van der Waals surface area contributed by atoms with Crippen LogP contribution in [0.3, 0.4) is 0 Å². The third-order valence-electron chi connectivity index (χ3n) is 3.54. The highest BCUT2D eigenvalue weighted by Crippen LogP contribution is 2.38. The van der Waals surface area contributed by atoms with Gasteiger partial charge in [0, 0.05) is 26.6 Å². The highest BCUT2D eigenvalue weighted by Gasteiger charge is 2.19. The summed E-state index contributed by atoms with van der Waals surface area (Å²) in [7, 11) is 1.70. The Hall–Kier alpha value is -1.19. The molecule has 2 nitrogen and oxygen atoms in total. The fourth-order valence-corrected chi connectivity index (χ4v) is 3.90. The molecule has 1 aliphatic carbocycles. The van der Waals surface area contributed by atoms with Gasteiger partial charge in [-0.15, -0.1) is 0 Å². The molecule has 0 aliphatic heterocycles. The van der Waals surface area contributed by atoms with Gasteiger partial charge in [-0.2, -0.15) is 0 Å². The molecular formula is C16H16ClNOS. The van der Waals surface area contributed by atoms with E-state index in [0.717, 1.165) is 28.6 Å². The number of aromatic nitrogens is 1. The van der Waals surface area contributed by atoms with Crippen molar-refractivity contribution in [3.05, 3.63) is 46.6 Å². The lowest BCUT2D eigenvalue weighted by molar-refractivity contribution is 0.387. The molecular weight excluding hydrogens is 290 g/mol. The molecule has 0 radical (unpaired) electrons. The van der Waals surface area contributed by atoms with Gasteiger partial charge in [0.25, 0.3) is 0 Å². The van der Waals surface area contributed by atoms with Crippen LogP contribution in [0.2, 0.25) is 5.02 Å². The van der Waals surface area contributed by atoms with Gasteiger partial charge in [-0.05, 0) is 49.4 Å². The van der Waals surface area contributed by atoms with Crippen LogP contribution in [0.15, 0.2) is 40.3 Å². The van der Waals surface area contributed by atoms with E-state index in [1.54, 1.807) is 18.9 Å². The molecule has 3 rings (SSSR count). The summed E-state index contributed by atoms with van der Waals surface area (Å²) in [4.78, 5) is 6.83. The molecule has 0 atom stereocenters. The topological polar surface area (TPSA) is 22.1 Å². The number of fused-ring (bicyclic) bond motifs is 1. The van der Waals surface area contributed by atoms with E-state index in [0.29, 0.717) is 0 Å². The van der Waals surface area contributed by atoms with Crippen LogP contribution in [0.25, 0.3) is 0 Å². The van der Waals surface area contributed by atoms with Crippen LogP contribution in [0.5, 0.6) is 5.88 Å². The Labute approximate surface area is 128 Å². The Morgan fingerprint density at radius 1 is 1.20 bits per heavy atom. The van der Waals surface area contributed by atoms with Crippen molar-refractivity contribution in [3.63, 3.8) is 0 Å². The summed E-state index contributed by atoms with van der Waals surface area (Å²) in [6.45, 7) is 0. The minimum Gasteiger partial charge on any atom is -0.481 e. The molecule has 1 aromatic heterocycles. The van der Waals surface area contributed by atoms with E-state index >= 15 is 0 Å². The van der Waals surface area contributed by atoms with E-state index < -0.39 is 0 Å². The van der Waals surface area contributed by atoms with E-state index in [1.165, 1.54) is 28.9 Å². The van der Waals surface area contributed by atoms with E-state index in [9.17, 15) is 0 Å². The van der Waals surface area contributed by atoms with Crippen LogP contribution in [0.4, 0.5) is 0 Å². The van der Waals surface area contributed by atoms with Crippen molar-refractivity contribution in [2.24, 2.45) is 0 Å². The van der Waals surface area contributed by atoms with Gasteiger partial charge in [0.15, 0.2) is 0 Å². The van der Waals surface area contributed by atoms with Crippen LogP contribution in [-0.4, -0.2) is 12.1 Å². The van der Waals surface area contributed by atoms with Gasteiger partial charge in [0.05, 0.1) is 7.11 Å². The monoisotopic (exact) mass is 305 g/mol. The van der Waals surface area contributed by atoms with E-state index in [4.69, 9.17) is 16.3 Å². The molecule has 0 fully saturated rings.